The molecule has 3 aliphatic rings. The van der Waals surface area contributed by atoms with Gasteiger partial charge in [-0.2, -0.15) is 0 Å². The first-order valence-corrected chi connectivity index (χ1v) is 14.3. The lowest BCUT2D eigenvalue weighted by Gasteiger charge is -2.58. The summed E-state index contributed by atoms with van der Waals surface area (Å²) in [5, 5.41) is 42.0. The van der Waals surface area contributed by atoms with E-state index in [1.54, 1.807) is 27.1 Å². The smallest absolute Gasteiger partial charge is 0.390 e. The number of carbonyl (C=O) groups excluding carboxylic acids is 1. The minimum atomic E-state index is -4.83. The first-order valence-electron chi connectivity index (χ1n) is 12.8. The molecule has 1 amide bonds. The van der Waals surface area contributed by atoms with Crippen LogP contribution in [0.25, 0.3) is 5.65 Å². The highest BCUT2D eigenvalue weighted by atomic mass is 31.2. The largest absolute Gasteiger partial charge is 0.525 e. The molecule has 17 heteroatoms. The number of rotatable bonds is 7. The van der Waals surface area contributed by atoms with E-state index in [2.05, 4.69) is 20.9 Å². The molecule has 1 aliphatic carbocycles. The molecule has 5 rings (SSSR count). The molecule has 0 unspecified atom stereocenters. The van der Waals surface area contributed by atoms with Crippen LogP contribution in [0.2, 0.25) is 0 Å². The Balaban J connectivity index is 1.35. The molecule has 0 radical (unpaired) electrons. The summed E-state index contributed by atoms with van der Waals surface area (Å²) in [4.78, 5) is 35.8. The molecule has 3 fully saturated rings. The summed E-state index contributed by atoms with van der Waals surface area (Å²) in [6, 6.07) is 1.97. The molecule has 222 valence electrons. The van der Waals surface area contributed by atoms with Crippen LogP contribution in [0.3, 0.4) is 0 Å². The van der Waals surface area contributed by atoms with Gasteiger partial charge < -0.3 is 50.0 Å². The molecule has 0 aromatic carbocycles. The van der Waals surface area contributed by atoms with Gasteiger partial charge in [0.05, 0.1) is 42.4 Å². The molecule has 1 saturated carbocycles. The summed E-state index contributed by atoms with van der Waals surface area (Å²) >= 11 is 0. The lowest BCUT2D eigenvalue weighted by Crippen LogP contribution is -2.79. The summed E-state index contributed by atoms with van der Waals surface area (Å²) in [5.41, 5.74) is 0.574. The molecule has 10 atom stereocenters. The van der Waals surface area contributed by atoms with Crippen LogP contribution in [0.5, 0.6) is 5.88 Å². The van der Waals surface area contributed by atoms with Gasteiger partial charge in [-0.05, 0) is 39.6 Å². The molecular weight excluding hydrogens is 553 g/mol. The molecule has 4 heterocycles. The van der Waals surface area contributed by atoms with Crippen molar-refractivity contribution in [3.05, 3.63) is 30.1 Å². The van der Waals surface area contributed by atoms with Crippen molar-refractivity contribution in [2.45, 2.75) is 80.5 Å². The predicted octanol–water partition coefficient (Wildman–Crippen LogP) is -2.65. The van der Waals surface area contributed by atoms with Crippen LogP contribution in [-0.4, -0.2) is 115 Å². The number of aliphatic hydroxyl groups excluding tert-OH is 2. The maximum absolute atomic E-state index is 13.1. The van der Waals surface area contributed by atoms with Gasteiger partial charge in [0, 0.05) is 6.20 Å². The van der Waals surface area contributed by atoms with Crippen LogP contribution in [0.1, 0.15) is 19.0 Å². The Kier molecular flexibility index (Phi) is 7.97. The summed E-state index contributed by atoms with van der Waals surface area (Å²) in [5.74, 6) is -2.82. The van der Waals surface area contributed by atoms with Gasteiger partial charge in [0.15, 0.2) is 0 Å². The maximum Gasteiger partial charge on any atom is 0.525 e. The van der Waals surface area contributed by atoms with Crippen LogP contribution in [-0.2, 0) is 30.0 Å². The van der Waals surface area contributed by atoms with Crippen LogP contribution in [0.4, 0.5) is 0 Å². The zero-order chi connectivity index (χ0) is 29.0. The van der Waals surface area contributed by atoms with Crippen LogP contribution >= 0.6 is 7.82 Å². The zero-order valence-electron chi connectivity index (χ0n) is 21.9. The van der Waals surface area contributed by atoms with E-state index in [9.17, 15) is 24.7 Å². The Morgan fingerprint density at radius 2 is 1.90 bits per heavy atom. The van der Waals surface area contributed by atoms with E-state index in [-0.39, 0.29) is 24.4 Å². The summed E-state index contributed by atoms with van der Waals surface area (Å²) in [6.45, 7) is 1.74. The molecule has 40 heavy (non-hydrogen) atoms. The van der Waals surface area contributed by atoms with Gasteiger partial charge in [-0.1, -0.05) is 6.07 Å². The number of amides is 1. The molecule has 2 saturated heterocycles. The number of hydrogen-bond acceptors (Lipinski definition) is 12. The minimum absolute atomic E-state index is 0.154. The molecular formula is C23H34N5O11P. The van der Waals surface area contributed by atoms with Gasteiger partial charge in [-0.25, -0.2) is 9.55 Å². The molecule has 0 bridgehead atoms. The van der Waals surface area contributed by atoms with E-state index in [1.165, 1.54) is 22.7 Å². The highest BCUT2D eigenvalue weighted by Crippen LogP contribution is 2.42. The monoisotopic (exact) mass is 587 g/mol. The molecule has 2 aliphatic heterocycles. The zero-order valence-corrected chi connectivity index (χ0v) is 22.8. The first-order chi connectivity index (χ1) is 18.8. The van der Waals surface area contributed by atoms with E-state index in [0.29, 0.717) is 5.65 Å². The lowest BCUT2D eigenvalue weighted by atomic mass is 9.79. The van der Waals surface area contributed by atoms with Gasteiger partial charge in [0.1, 0.15) is 24.0 Å². The molecule has 0 spiro atoms. The van der Waals surface area contributed by atoms with Crippen LogP contribution < -0.4 is 20.5 Å². The molecule has 8 N–H and O–H groups in total. The number of hydrogen-bond donors (Lipinski definition) is 8. The number of fused-ring (bicyclic) bond motifs is 3. The summed E-state index contributed by atoms with van der Waals surface area (Å²) in [7, 11) is -1.61. The number of carbonyl (C=O) groups is 1. The summed E-state index contributed by atoms with van der Waals surface area (Å²) < 4.78 is 35.3. The third-order valence-electron chi connectivity index (χ3n) is 7.54. The standard InChI is InChI=1S/C23H34N5O11P/c1-10-7-12(27-14(29)8-11-9-28-13(26-11)5-4-6-15(28)39-40(33,34)35)23(32)22(36-10)37-21-19(31)16(24-2)18(30)17(25-3)20(21)38-23/h4-6,9-10,12,16-22,24-25,30-32H,7-8H2,1-3H3,(H,27,29)(H2,33,34,35)/t10-,12-,16-,17+,18+,19+,20-,21-,22+,23+/m1/s1. The van der Waals surface area contributed by atoms with Crippen LogP contribution in [0, 0.1) is 0 Å². The number of imidazole rings is 1. The van der Waals surface area contributed by atoms with Gasteiger partial charge in [0.2, 0.25) is 23.9 Å². The Morgan fingerprint density at radius 3 is 2.58 bits per heavy atom. The van der Waals surface area contributed by atoms with Crippen LogP contribution in [0.15, 0.2) is 24.4 Å². The average Bonchev–Trinajstić information content (AvgIpc) is 3.27. The summed E-state index contributed by atoms with van der Waals surface area (Å²) in [6.07, 6.45) is -4.65. The third kappa shape index (κ3) is 5.37. The van der Waals surface area contributed by atoms with Gasteiger partial charge in [-0.15, -0.1) is 0 Å². The molecule has 16 nitrogen and oxygen atoms in total. The van der Waals surface area contributed by atoms with Crippen molar-refractivity contribution >= 4 is 19.4 Å². The lowest BCUT2D eigenvalue weighted by molar-refractivity contribution is -0.449. The number of pyridine rings is 1. The highest BCUT2D eigenvalue weighted by Gasteiger charge is 2.63. The molecule has 2 aromatic heterocycles. The number of ether oxygens (including phenoxy) is 3. The van der Waals surface area contributed by atoms with Crippen molar-refractivity contribution < 1.29 is 53.2 Å². The second-order valence-corrected chi connectivity index (χ2v) is 11.4. The number of phosphoric ester groups is 1. The van der Waals surface area contributed by atoms with Gasteiger partial charge >= 0.3 is 7.82 Å². The topological polar surface area (TPSA) is 226 Å². The fraction of sp³-hybridized carbons (Fsp3) is 0.652. The molecule has 2 aromatic rings. The Bertz CT molecular complexity index is 1290. The fourth-order valence-electron chi connectivity index (χ4n) is 5.74. The van der Waals surface area contributed by atoms with Gasteiger partial charge in [-0.3, -0.25) is 19.0 Å². The Labute approximate surface area is 228 Å². The maximum atomic E-state index is 13.1. The van der Waals surface area contributed by atoms with Crippen molar-refractivity contribution in [1.29, 1.82) is 0 Å². The normalized spacial score (nSPS) is 38.0. The van der Waals surface area contributed by atoms with Gasteiger partial charge in [0.25, 0.3) is 0 Å². The number of aromatic nitrogens is 2. The minimum Gasteiger partial charge on any atom is -0.390 e. The number of nitrogens with one attached hydrogen (secondary N) is 3. The van der Waals surface area contributed by atoms with Crippen molar-refractivity contribution in [2.75, 3.05) is 14.1 Å². The number of likely N-dealkylation sites (N-methyl/N-ethyl adjacent to an activating group) is 2. The van der Waals surface area contributed by atoms with E-state index in [4.69, 9.17) is 28.5 Å². The first kappa shape index (κ1) is 29.3. The second kappa shape index (κ2) is 10.9. The average molecular weight is 588 g/mol. The van der Waals surface area contributed by atoms with E-state index in [1.807, 2.05) is 0 Å². The van der Waals surface area contributed by atoms with Crippen molar-refractivity contribution in [2.24, 2.45) is 0 Å². The van der Waals surface area contributed by atoms with Crippen molar-refractivity contribution in [1.82, 2.24) is 25.3 Å². The Morgan fingerprint density at radius 1 is 1.18 bits per heavy atom. The Hall–Kier alpha value is -2.21. The number of aliphatic hydroxyl groups is 3. The fourth-order valence-corrected chi connectivity index (χ4v) is 6.14. The van der Waals surface area contributed by atoms with E-state index in [0.717, 1.165) is 0 Å². The van der Waals surface area contributed by atoms with E-state index >= 15 is 0 Å². The number of phosphoric acid groups is 1. The highest BCUT2D eigenvalue weighted by molar-refractivity contribution is 7.46. The second-order valence-electron chi connectivity index (χ2n) is 10.3. The van der Waals surface area contributed by atoms with Crippen molar-refractivity contribution in [3.63, 3.8) is 0 Å². The number of nitrogens with zero attached hydrogens (tertiary/aromatic N) is 2. The quantitative estimate of drug-likeness (QED) is 0.155. The van der Waals surface area contributed by atoms with E-state index < -0.39 is 74.5 Å². The SMILES string of the molecule is CN[C@@H]1[C@H](O)[C@H](NC)[C@H]2O[C@]3(O)[C@H](O[C@@H]2[C@H]1O)O[C@H](C)C[C@H]3NC(=O)Cc1cn2c(OP(=O)(O)O)cccc2n1. The predicted molar refractivity (Wildman–Crippen MR) is 135 cm³/mol. The third-order valence-corrected chi connectivity index (χ3v) is 7.97. The van der Waals surface area contributed by atoms with Crippen molar-refractivity contribution in [3.8, 4) is 5.88 Å².